The van der Waals surface area contributed by atoms with Gasteiger partial charge in [-0.3, -0.25) is 13.9 Å². The van der Waals surface area contributed by atoms with Gasteiger partial charge < -0.3 is 15.0 Å². The molecule has 11 heteroatoms. The van der Waals surface area contributed by atoms with Gasteiger partial charge in [-0.25, -0.2) is 8.42 Å². The summed E-state index contributed by atoms with van der Waals surface area (Å²) >= 11 is 12.2. The van der Waals surface area contributed by atoms with Gasteiger partial charge >= 0.3 is 0 Å². The monoisotopic (exact) mass is 591 g/mol. The maximum Gasteiger partial charge on any atom is 0.244 e. The molecule has 3 aromatic carbocycles. The van der Waals surface area contributed by atoms with Crippen molar-refractivity contribution in [3.05, 3.63) is 88.4 Å². The number of hydrogen-bond donors (Lipinski definition) is 1. The van der Waals surface area contributed by atoms with E-state index in [0.29, 0.717) is 27.1 Å². The summed E-state index contributed by atoms with van der Waals surface area (Å²) in [5, 5.41) is 3.46. The fourth-order valence-electron chi connectivity index (χ4n) is 3.74. The highest BCUT2D eigenvalue weighted by molar-refractivity contribution is 7.92. The first-order valence-corrected chi connectivity index (χ1v) is 14.8. The van der Waals surface area contributed by atoms with E-state index >= 15 is 0 Å². The number of rotatable bonds is 11. The summed E-state index contributed by atoms with van der Waals surface area (Å²) in [6.07, 6.45) is 1.02. The average molecular weight is 593 g/mol. The third kappa shape index (κ3) is 8.61. The number of halogens is 2. The summed E-state index contributed by atoms with van der Waals surface area (Å²) in [6.45, 7) is 4.72. The molecule has 0 aliphatic heterocycles. The lowest BCUT2D eigenvalue weighted by molar-refractivity contribution is -0.139. The van der Waals surface area contributed by atoms with Crippen molar-refractivity contribution in [2.45, 2.75) is 39.4 Å². The third-order valence-corrected chi connectivity index (χ3v) is 7.60. The summed E-state index contributed by atoms with van der Waals surface area (Å²) in [4.78, 5) is 27.8. The first-order valence-electron chi connectivity index (χ1n) is 12.2. The van der Waals surface area contributed by atoms with Crippen molar-refractivity contribution in [3.63, 3.8) is 0 Å². The molecule has 0 heterocycles. The lowest BCUT2D eigenvalue weighted by Gasteiger charge is -2.32. The molecule has 0 aliphatic rings. The SMILES string of the molecule is CC(C)NC(=O)[C@H](C)N(Cc1ccc(Cl)c(Cl)c1)C(=O)CN(c1ccc(Oc2ccccc2)cc1)S(C)(=O)=O. The zero-order valence-electron chi connectivity index (χ0n) is 22.1. The van der Waals surface area contributed by atoms with Crippen molar-refractivity contribution >= 4 is 50.7 Å². The van der Waals surface area contributed by atoms with Crippen molar-refractivity contribution < 1.29 is 22.7 Å². The molecular weight excluding hydrogens is 561 g/mol. The summed E-state index contributed by atoms with van der Waals surface area (Å²) in [6, 6.07) is 19.4. The van der Waals surface area contributed by atoms with Gasteiger partial charge in [0.05, 0.1) is 22.0 Å². The number of carbonyl (C=O) groups is 2. The minimum atomic E-state index is -3.86. The van der Waals surface area contributed by atoms with E-state index in [0.717, 1.165) is 10.6 Å². The summed E-state index contributed by atoms with van der Waals surface area (Å²) < 4.78 is 32.3. The quantitative estimate of drug-likeness (QED) is 0.318. The molecule has 0 saturated heterocycles. The van der Waals surface area contributed by atoms with E-state index in [9.17, 15) is 18.0 Å². The highest BCUT2D eigenvalue weighted by atomic mass is 35.5. The number of anilines is 1. The molecule has 3 aromatic rings. The normalized spacial score (nSPS) is 12.1. The molecule has 39 heavy (non-hydrogen) atoms. The van der Waals surface area contributed by atoms with Gasteiger partial charge in [0.25, 0.3) is 0 Å². The molecule has 0 spiro atoms. The second-order valence-electron chi connectivity index (χ2n) is 9.29. The molecule has 0 aromatic heterocycles. The number of benzene rings is 3. The van der Waals surface area contributed by atoms with E-state index in [-0.39, 0.29) is 24.2 Å². The lowest BCUT2D eigenvalue weighted by Crippen LogP contribution is -2.52. The molecular formula is C28H31Cl2N3O5S. The fourth-order valence-corrected chi connectivity index (χ4v) is 4.91. The molecule has 208 valence electrons. The number of nitrogens with one attached hydrogen (secondary N) is 1. The molecule has 0 bridgehead atoms. The molecule has 0 unspecified atom stereocenters. The van der Waals surface area contributed by atoms with Gasteiger partial charge in [-0.15, -0.1) is 0 Å². The van der Waals surface area contributed by atoms with Crippen LogP contribution in [-0.2, 0) is 26.2 Å². The maximum atomic E-state index is 13.6. The molecule has 0 saturated carbocycles. The van der Waals surface area contributed by atoms with Gasteiger partial charge in [-0.1, -0.05) is 47.5 Å². The molecule has 1 N–H and O–H groups in total. The molecule has 2 amide bonds. The van der Waals surface area contributed by atoms with E-state index in [1.807, 2.05) is 32.0 Å². The minimum absolute atomic E-state index is 0.0177. The van der Waals surface area contributed by atoms with Crippen LogP contribution in [0.3, 0.4) is 0 Å². The van der Waals surface area contributed by atoms with Gasteiger partial charge in [-0.2, -0.15) is 0 Å². The van der Waals surface area contributed by atoms with Crippen molar-refractivity contribution in [3.8, 4) is 11.5 Å². The van der Waals surface area contributed by atoms with Crippen molar-refractivity contribution in [2.75, 3.05) is 17.1 Å². The summed E-state index contributed by atoms with van der Waals surface area (Å²) in [7, 11) is -3.86. The van der Waals surface area contributed by atoms with E-state index in [1.165, 1.54) is 4.90 Å². The Hall–Kier alpha value is -3.27. The van der Waals surface area contributed by atoms with Crippen LogP contribution in [0.5, 0.6) is 11.5 Å². The van der Waals surface area contributed by atoms with Crippen LogP contribution in [-0.4, -0.2) is 50.0 Å². The number of amides is 2. The Kier molecular flexibility index (Phi) is 10.2. The van der Waals surface area contributed by atoms with Crippen molar-refractivity contribution in [2.24, 2.45) is 0 Å². The Labute approximate surface area is 239 Å². The predicted molar refractivity (Wildman–Crippen MR) is 155 cm³/mol. The minimum Gasteiger partial charge on any atom is -0.457 e. The van der Waals surface area contributed by atoms with E-state index in [2.05, 4.69) is 5.32 Å². The van der Waals surface area contributed by atoms with Crippen LogP contribution in [0.4, 0.5) is 5.69 Å². The van der Waals surface area contributed by atoms with Crippen LogP contribution >= 0.6 is 23.2 Å². The smallest absolute Gasteiger partial charge is 0.244 e. The van der Waals surface area contributed by atoms with Crippen molar-refractivity contribution in [1.82, 2.24) is 10.2 Å². The Balaban J connectivity index is 1.88. The van der Waals surface area contributed by atoms with Gasteiger partial charge in [0, 0.05) is 12.6 Å². The van der Waals surface area contributed by atoms with Crippen LogP contribution in [0.1, 0.15) is 26.3 Å². The first kappa shape index (κ1) is 30.3. The van der Waals surface area contributed by atoms with E-state index in [1.54, 1.807) is 61.5 Å². The molecule has 3 rings (SSSR count). The number of ether oxygens (including phenoxy) is 1. The second kappa shape index (κ2) is 13.2. The number of para-hydroxylation sites is 1. The molecule has 8 nitrogen and oxygen atoms in total. The predicted octanol–water partition coefficient (Wildman–Crippen LogP) is 5.49. The van der Waals surface area contributed by atoms with Crippen LogP contribution in [0.2, 0.25) is 10.0 Å². The van der Waals surface area contributed by atoms with Gasteiger partial charge in [0.1, 0.15) is 24.1 Å². The van der Waals surface area contributed by atoms with Crippen LogP contribution < -0.4 is 14.4 Å². The van der Waals surface area contributed by atoms with Crippen LogP contribution in [0.15, 0.2) is 72.8 Å². The maximum absolute atomic E-state index is 13.6. The van der Waals surface area contributed by atoms with Crippen molar-refractivity contribution in [1.29, 1.82) is 0 Å². The number of nitrogens with zero attached hydrogens (tertiary/aromatic N) is 2. The largest absolute Gasteiger partial charge is 0.457 e. The summed E-state index contributed by atoms with van der Waals surface area (Å²) in [5.41, 5.74) is 0.912. The molecule has 0 aliphatic carbocycles. The van der Waals surface area contributed by atoms with Gasteiger partial charge in [-0.05, 0) is 74.9 Å². The van der Waals surface area contributed by atoms with Gasteiger partial charge in [0.15, 0.2) is 0 Å². The Bertz CT molecular complexity index is 1400. The number of sulfonamides is 1. The second-order valence-corrected chi connectivity index (χ2v) is 12.0. The van der Waals surface area contributed by atoms with Gasteiger partial charge in [0.2, 0.25) is 21.8 Å². The molecule has 0 radical (unpaired) electrons. The highest BCUT2D eigenvalue weighted by Gasteiger charge is 2.30. The van der Waals surface area contributed by atoms with Crippen LogP contribution in [0, 0.1) is 0 Å². The average Bonchev–Trinajstić information content (AvgIpc) is 2.87. The topological polar surface area (TPSA) is 96.0 Å². The Morgan fingerprint density at radius 1 is 0.897 bits per heavy atom. The molecule has 1 atom stereocenters. The van der Waals surface area contributed by atoms with E-state index < -0.39 is 28.5 Å². The standard InChI is InChI=1S/C28H31Cl2N3O5S/c1-19(2)31-28(35)20(3)32(17-21-10-15-25(29)26(30)16-21)27(34)18-33(39(4,36)37)22-11-13-24(14-12-22)38-23-8-6-5-7-9-23/h5-16,19-20H,17-18H2,1-4H3,(H,31,35)/t20-/m0/s1. The van der Waals surface area contributed by atoms with Crippen LogP contribution in [0.25, 0.3) is 0 Å². The zero-order chi connectivity index (χ0) is 28.7. The van der Waals surface area contributed by atoms with E-state index in [4.69, 9.17) is 27.9 Å². The number of carbonyl (C=O) groups excluding carboxylic acids is 2. The molecule has 0 fully saturated rings. The Morgan fingerprint density at radius 3 is 2.08 bits per heavy atom. The highest BCUT2D eigenvalue weighted by Crippen LogP contribution is 2.27. The zero-order valence-corrected chi connectivity index (χ0v) is 24.4. The summed E-state index contributed by atoms with van der Waals surface area (Å²) in [5.74, 6) is 0.200. The fraction of sp³-hybridized carbons (Fsp3) is 0.286. The third-order valence-electron chi connectivity index (χ3n) is 5.72. The Morgan fingerprint density at radius 2 is 1.51 bits per heavy atom. The number of hydrogen-bond acceptors (Lipinski definition) is 5. The lowest BCUT2D eigenvalue weighted by atomic mass is 10.1. The first-order chi connectivity index (χ1) is 18.3.